The minimum Gasteiger partial charge on any atom is -0.397 e. The first-order valence-corrected chi connectivity index (χ1v) is 5.88. The number of ether oxygens (including phenoxy) is 1. The molecule has 0 fully saturated rings. The second kappa shape index (κ2) is 7.12. The molecular formula is C13H22N2O. The van der Waals surface area contributed by atoms with Crippen molar-refractivity contribution in [2.24, 2.45) is 0 Å². The molecule has 0 radical (unpaired) electrons. The van der Waals surface area contributed by atoms with Crippen LogP contribution in [0.15, 0.2) is 24.3 Å². The highest BCUT2D eigenvalue weighted by molar-refractivity contribution is 5.67. The van der Waals surface area contributed by atoms with Crippen LogP contribution in [0.4, 0.5) is 11.4 Å². The van der Waals surface area contributed by atoms with Crippen LogP contribution in [0.1, 0.15) is 19.8 Å². The molecular weight excluding hydrogens is 200 g/mol. The summed E-state index contributed by atoms with van der Waals surface area (Å²) in [6, 6.07) is 8.04. The van der Waals surface area contributed by atoms with Gasteiger partial charge in [-0.25, -0.2) is 0 Å². The van der Waals surface area contributed by atoms with Gasteiger partial charge in [-0.1, -0.05) is 19.1 Å². The van der Waals surface area contributed by atoms with Gasteiger partial charge in [-0.15, -0.1) is 0 Å². The maximum absolute atomic E-state index is 5.98. The fourth-order valence-corrected chi connectivity index (χ4v) is 1.80. The molecule has 0 amide bonds. The van der Waals surface area contributed by atoms with E-state index < -0.39 is 0 Å². The lowest BCUT2D eigenvalue weighted by Gasteiger charge is -2.25. The molecule has 0 aliphatic rings. The van der Waals surface area contributed by atoms with Crippen molar-refractivity contribution in [3.05, 3.63) is 24.3 Å². The SMILES string of the molecule is CCCN(CCCOC)c1ccccc1N. The summed E-state index contributed by atoms with van der Waals surface area (Å²) in [5.74, 6) is 0. The summed E-state index contributed by atoms with van der Waals surface area (Å²) in [5.41, 5.74) is 7.98. The van der Waals surface area contributed by atoms with Gasteiger partial charge in [0.2, 0.25) is 0 Å². The van der Waals surface area contributed by atoms with E-state index in [4.69, 9.17) is 10.5 Å². The molecule has 0 spiro atoms. The monoisotopic (exact) mass is 222 g/mol. The average Bonchev–Trinajstić information content (AvgIpc) is 2.29. The van der Waals surface area contributed by atoms with Gasteiger partial charge in [0, 0.05) is 26.8 Å². The third-order valence-corrected chi connectivity index (χ3v) is 2.55. The van der Waals surface area contributed by atoms with E-state index in [-0.39, 0.29) is 0 Å². The molecule has 0 atom stereocenters. The van der Waals surface area contributed by atoms with Crippen LogP contribution in [0.2, 0.25) is 0 Å². The van der Waals surface area contributed by atoms with Gasteiger partial charge in [-0.2, -0.15) is 0 Å². The Balaban J connectivity index is 2.65. The van der Waals surface area contributed by atoms with Crippen LogP contribution in [0.3, 0.4) is 0 Å². The van der Waals surface area contributed by atoms with Crippen molar-refractivity contribution in [3.8, 4) is 0 Å². The van der Waals surface area contributed by atoms with E-state index in [9.17, 15) is 0 Å². The zero-order valence-corrected chi connectivity index (χ0v) is 10.3. The summed E-state index contributed by atoms with van der Waals surface area (Å²) < 4.78 is 5.08. The topological polar surface area (TPSA) is 38.5 Å². The lowest BCUT2D eigenvalue weighted by atomic mass is 10.2. The number of rotatable bonds is 7. The number of nitrogens with zero attached hydrogens (tertiary/aromatic N) is 1. The van der Waals surface area contributed by atoms with Crippen LogP contribution >= 0.6 is 0 Å². The van der Waals surface area contributed by atoms with Crippen LogP contribution in [0.25, 0.3) is 0 Å². The van der Waals surface area contributed by atoms with Gasteiger partial charge in [0.25, 0.3) is 0 Å². The average molecular weight is 222 g/mol. The molecule has 0 aromatic heterocycles. The van der Waals surface area contributed by atoms with E-state index in [0.29, 0.717) is 0 Å². The molecule has 3 nitrogen and oxygen atoms in total. The molecule has 0 saturated heterocycles. The second-order valence-electron chi connectivity index (χ2n) is 3.89. The molecule has 16 heavy (non-hydrogen) atoms. The fraction of sp³-hybridized carbons (Fsp3) is 0.538. The first kappa shape index (κ1) is 12.8. The van der Waals surface area contributed by atoms with Crippen molar-refractivity contribution in [1.29, 1.82) is 0 Å². The van der Waals surface area contributed by atoms with Gasteiger partial charge in [0.05, 0.1) is 11.4 Å². The number of hydrogen-bond acceptors (Lipinski definition) is 3. The fourth-order valence-electron chi connectivity index (χ4n) is 1.80. The van der Waals surface area contributed by atoms with Crippen LogP contribution in [-0.4, -0.2) is 26.8 Å². The molecule has 90 valence electrons. The predicted molar refractivity (Wildman–Crippen MR) is 69.9 cm³/mol. The van der Waals surface area contributed by atoms with Gasteiger partial charge in [0.1, 0.15) is 0 Å². The van der Waals surface area contributed by atoms with Crippen LogP contribution in [0, 0.1) is 0 Å². The largest absolute Gasteiger partial charge is 0.397 e. The zero-order valence-electron chi connectivity index (χ0n) is 10.3. The van der Waals surface area contributed by atoms with Crippen molar-refractivity contribution >= 4 is 11.4 Å². The van der Waals surface area contributed by atoms with Crippen LogP contribution in [0.5, 0.6) is 0 Å². The maximum atomic E-state index is 5.98. The molecule has 0 unspecified atom stereocenters. The van der Waals surface area contributed by atoms with Gasteiger partial charge < -0.3 is 15.4 Å². The molecule has 0 bridgehead atoms. The van der Waals surface area contributed by atoms with E-state index in [2.05, 4.69) is 17.9 Å². The highest BCUT2D eigenvalue weighted by Crippen LogP contribution is 2.22. The van der Waals surface area contributed by atoms with Crippen LogP contribution in [-0.2, 0) is 4.74 Å². The smallest absolute Gasteiger partial charge is 0.0599 e. The number of para-hydroxylation sites is 2. The summed E-state index contributed by atoms with van der Waals surface area (Å²) in [6.45, 7) is 5.02. The lowest BCUT2D eigenvalue weighted by molar-refractivity contribution is 0.196. The Labute approximate surface area is 98.2 Å². The number of anilines is 2. The van der Waals surface area contributed by atoms with E-state index in [0.717, 1.165) is 43.9 Å². The van der Waals surface area contributed by atoms with Crippen molar-refractivity contribution < 1.29 is 4.74 Å². The summed E-state index contributed by atoms with van der Waals surface area (Å²) in [6.07, 6.45) is 2.16. The molecule has 1 aromatic carbocycles. The summed E-state index contributed by atoms with van der Waals surface area (Å²) in [7, 11) is 1.74. The van der Waals surface area contributed by atoms with Crippen molar-refractivity contribution in [2.45, 2.75) is 19.8 Å². The lowest BCUT2D eigenvalue weighted by Crippen LogP contribution is -2.26. The van der Waals surface area contributed by atoms with Gasteiger partial charge >= 0.3 is 0 Å². The third kappa shape index (κ3) is 3.74. The van der Waals surface area contributed by atoms with Gasteiger partial charge in [0.15, 0.2) is 0 Å². The Bertz CT molecular complexity index is 302. The Morgan fingerprint density at radius 2 is 2.00 bits per heavy atom. The first-order valence-electron chi connectivity index (χ1n) is 5.88. The van der Waals surface area contributed by atoms with Crippen molar-refractivity contribution in [3.63, 3.8) is 0 Å². The van der Waals surface area contributed by atoms with Crippen molar-refractivity contribution in [2.75, 3.05) is 37.4 Å². The molecule has 2 N–H and O–H groups in total. The highest BCUT2D eigenvalue weighted by Gasteiger charge is 2.07. The third-order valence-electron chi connectivity index (χ3n) is 2.55. The van der Waals surface area contributed by atoms with E-state index in [1.54, 1.807) is 7.11 Å². The number of nitrogens with two attached hydrogens (primary N) is 1. The number of nitrogen functional groups attached to an aromatic ring is 1. The Morgan fingerprint density at radius 1 is 1.25 bits per heavy atom. The molecule has 0 saturated carbocycles. The molecule has 0 aliphatic heterocycles. The highest BCUT2D eigenvalue weighted by atomic mass is 16.5. The second-order valence-corrected chi connectivity index (χ2v) is 3.89. The van der Waals surface area contributed by atoms with Crippen LogP contribution < -0.4 is 10.6 Å². The number of methoxy groups -OCH3 is 1. The van der Waals surface area contributed by atoms with Gasteiger partial charge in [-0.3, -0.25) is 0 Å². The van der Waals surface area contributed by atoms with Crippen molar-refractivity contribution in [1.82, 2.24) is 0 Å². The summed E-state index contributed by atoms with van der Waals surface area (Å²) in [4.78, 5) is 2.33. The Morgan fingerprint density at radius 3 is 2.62 bits per heavy atom. The first-order chi connectivity index (χ1) is 7.79. The van der Waals surface area contributed by atoms with E-state index >= 15 is 0 Å². The normalized spacial score (nSPS) is 10.4. The molecule has 1 rings (SSSR count). The minimum absolute atomic E-state index is 0.799. The van der Waals surface area contributed by atoms with E-state index in [1.165, 1.54) is 0 Å². The molecule has 3 heteroatoms. The quantitative estimate of drug-likeness (QED) is 0.569. The summed E-state index contributed by atoms with van der Waals surface area (Å²) >= 11 is 0. The minimum atomic E-state index is 0.799. The summed E-state index contributed by atoms with van der Waals surface area (Å²) in [5, 5.41) is 0. The Kier molecular flexibility index (Phi) is 5.72. The van der Waals surface area contributed by atoms with E-state index in [1.807, 2.05) is 18.2 Å². The number of hydrogen-bond donors (Lipinski definition) is 1. The Hall–Kier alpha value is -1.22. The zero-order chi connectivity index (χ0) is 11.8. The maximum Gasteiger partial charge on any atom is 0.0599 e. The molecule has 0 aliphatic carbocycles. The standard InChI is InChI=1S/C13H22N2O/c1-3-9-15(10-6-11-16-2)13-8-5-4-7-12(13)14/h4-5,7-8H,3,6,9-11,14H2,1-2H3. The number of benzene rings is 1. The van der Waals surface area contributed by atoms with Gasteiger partial charge in [-0.05, 0) is 25.0 Å². The molecule has 1 aromatic rings. The predicted octanol–water partition coefficient (Wildman–Crippen LogP) is 2.52. The molecule has 0 heterocycles.